The molecule has 0 saturated heterocycles. The summed E-state index contributed by atoms with van der Waals surface area (Å²) in [7, 11) is 0. The van der Waals surface area contributed by atoms with E-state index in [0.29, 0.717) is 13.0 Å². The van der Waals surface area contributed by atoms with Crippen molar-refractivity contribution in [2.24, 2.45) is 0 Å². The zero-order valence-corrected chi connectivity index (χ0v) is 12.8. The van der Waals surface area contributed by atoms with E-state index in [4.69, 9.17) is 0 Å². The average Bonchev–Trinajstić information content (AvgIpc) is 2.74. The summed E-state index contributed by atoms with van der Waals surface area (Å²) >= 11 is 0. The van der Waals surface area contributed by atoms with Crippen molar-refractivity contribution in [1.82, 2.24) is 4.68 Å². The molecule has 20 heavy (non-hydrogen) atoms. The highest BCUT2D eigenvalue weighted by Crippen LogP contribution is 2.14. The predicted octanol–water partition coefficient (Wildman–Crippen LogP) is 2.53. The van der Waals surface area contributed by atoms with Crippen LogP contribution < -0.4 is 4.68 Å². The molecular weight excluding hydrogens is 248 g/mol. The number of Topliss-reactive ketones (excluding diaryl/α,β-unsaturated/α-hetero) is 1. The number of ketones is 1. The number of hydrogen-bond donors (Lipinski definition) is 0. The first-order valence-electron chi connectivity index (χ1n) is 7.15. The molecule has 0 unspecified atom stereocenters. The van der Waals surface area contributed by atoms with Crippen LogP contribution in [0.4, 0.5) is 0 Å². The largest absolute Gasteiger partial charge is 0.292 e. The lowest BCUT2D eigenvalue weighted by Gasteiger charge is -2.08. The van der Waals surface area contributed by atoms with Crippen LogP contribution in [-0.2, 0) is 24.3 Å². The Morgan fingerprint density at radius 2 is 1.80 bits per heavy atom. The smallest absolute Gasteiger partial charge is 0.230 e. The van der Waals surface area contributed by atoms with Crippen LogP contribution in [-0.4, -0.2) is 10.5 Å². The van der Waals surface area contributed by atoms with Gasteiger partial charge in [-0.3, -0.25) is 4.79 Å². The van der Waals surface area contributed by atoms with Crippen LogP contribution in [0.15, 0.2) is 30.5 Å². The van der Waals surface area contributed by atoms with Crippen LogP contribution in [0, 0.1) is 20.8 Å². The molecule has 0 radical (unpaired) electrons. The molecule has 0 fully saturated rings. The number of nitrogens with zero attached hydrogens (tertiary/aromatic N) is 2. The Kier molecular flexibility index (Phi) is 4.38. The molecule has 0 amide bonds. The van der Waals surface area contributed by atoms with Crippen molar-refractivity contribution < 1.29 is 9.48 Å². The Labute approximate surface area is 120 Å². The van der Waals surface area contributed by atoms with E-state index >= 15 is 0 Å². The van der Waals surface area contributed by atoms with Crippen LogP contribution in [0.2, 0.25) is 0 Å². The van der Waals surface area contributed by atoms with E-state index in [2.05, 4.69) is 50.6 Å². The molecule has 0 aliphatic rings. The molecule has 2 rings (SSSR count). The molecule has 0 bridgehead atoms. The van der Waals surface area contributed by atoms with Gasteiger partial charge < -0.3 is 0 Å². The van der Waals surface area contributed by atoms with Crippen LogP contribution in [0.3, 0.4) is 0 Å². The van der Waals surface area contributed by atoms with E-state index in [-0.39, 0.29) is 5.78 Å². The fourth-order valence-corrected chi connectivity index (χ4v) is 2.69. The van der Waals surface area contributed by atoms with E-state index in [1.165, 1.54) is 22.4 Å². The number of hydrogen-bond acceptors (Lipinski definition) is 1. The second kappa shape index (κ2) is 6.04. The fraction of sp³-hybridized carbons (Fsp3) is 0.412. The first-order chi connectivity index (χ1) is 9.52. The first-order valence-corrected chi connectivity index (χ1v) is 7.15. The zero-order valence-electron chi connectivity index (χ0n) is 12.8. The van der Waals surface area contributed by atoms with Crippen LogP contribution in [0.25, 0.3) is 0 Å². The lowest BCUT2D eigenvalue weighted by molar-refractivity contribution is -0.764. The molecule has 0 aliphatic heterocycles. The Hall–Kier alpha value is -1.90. The van der Waals surface area contributed by atoms with E-state index in [9.17, 15) is 4.79 Å². The topological polar surface area (TPSA) is 25.9 Å². The standard InChI is InChI=1S/C17H23N2O/c1-5-19-15(4)9-10-18(19)12-16(20)11-17-13(2)7-6-8-14(17)3/h6-10H,5,11-12H2,1-4H3/q+1. The molecule has 0 N–H and O–H groups in total. The van der Waals surface area contributed by atoms with Gasteiger partial charge >= 0.3 is 0 Å². The number of aromatic nitrogens is 2. The number of carbonyl (C=O) groups excluding carboxylic acids is 1. The predicted molar refractivity (Wildman–Crippen MR) is 79.7 cm³/mol. The monoisotopic (exact) mass is 271 g/mol. The van der Waals surface area contributed by atoms with Crippen molar-refractivity contribution in [3.05, 3.63) is 52.8 Å². The van der Waals surface area contributed by atoms with E-state index < -0.39 is 0 Å². The summed E-state index contributed by atoms with van der Waals surface area (Å²) in [5, 5.41) is 0. The SMILES string of the molecule is CCn1c(C)cc[n+]1CC(=O)Cc1c(C)cccc1C. The van der Waals surface area contributed by atoms with Gasteiger partial charge in [-0.15, -0.1) is 4.68 Å². The molecule has 2 aromatic rings. The quantitative estimate of drug-likeness (QED) is 0.767. The van der Waals surface area contributed by atoms with Gasteiger partial charge in [-0.2, -0.15) is 4.68 Å². The summed E-state index contributed by atoms with van der Waals surface area (Å²) in [6, 6.07) is 8.23. The van der Waals surface area contributed by atoms with E-state index in [1.807, 2.05) is 16.9 Å². The van der Waals surface area contributed by atoms with Gasteiger partial charge in [0.2, 0.25) is 12.3 Å². The fourth-order valence-electron chi connectivity index (χ4n) is 2.69. The molecule has 1 aromatic heterocycles. The van der Waals surface area contributed by atoms with Crippen molar-refractivity contribution in [2.75, 3.05) is 0 Å². The van der Waals surface area contributed by atoms with Crippen LogP contribution in [0.5, 0.6) is 0 Å². The van der Waals surface area contributed by atoms with Gasteiger partial charge in [-0.05, 0) is 44.4 Å². The van der Waals surface area contributed by atoms with Gasteiger partial charge in [0.25, 0.3) is 0 Å². The normalized spacial score (nSPS) is 10.8. The van der Waals surface area contributed by atoms with Crippen molar-refractivity contribution in [1.29, 1.82) is 0 Å². The maximum Gasteiger partial charge on any atom is 0.230 e. The summed E-state index contributed by atoms with van der Waals surface area (Å²) in [5.74, 6) is 0.250. The average molecular weight is 271 g/mol. The molecule has 0 atom stereocenters. The van der Waals surface area contributed by atoms with Gasteiger partial charge in [0.05, 0.1) is 12.2 Å². The summed E-state index contributed by atoms with van der Waals surface area (Å²) in [5.41, 5.74) is 4.76. The third-order valence-electron chi connectivity index (χ3n) is 3.86. The van der Waals surface area contributed by atoms with Gasteiger partial charge in [-0.1, -0.05) is 18.2 Å². The van der Waals surface area contributed by atoms with Crippen LogP contribution >= 0.6 is 0 Å². The highest BCUT2D eigenvalue weighted by atomic mass is 16.1. The van der Waals surface area contributed by atoms with Gasteiger partial charge in [0, 0.05) is 12.5 Å². The summed E-state index contributed by atoms with van der Waals surface area (Å²) < 4.78 is 4.13. The molecule has 1 heterocycles. The molecule has 1 aromatic carbocycles. The summed E-state index contributed by atoms with van der Waals surface area (Å²) in [4.78, 5) is 12.3. The van der Waals surface area contributed by atoms with Crippen molar-refractivity contribution in [3.63, 3.8) is 0 Å². The molecule has 0 saturated carbocycles. The Bertz CT molecular complexity index is 606. The van der Waals surface area contributed by atoms with Gasteiger partial charge in [-0.25, -0.2) is 0 Å². The van der Waals surface area contributed by atoms with Crippen molar-refractivity contribution >= 4 is 5.78 Å². The molecule has 3 nitrogen and oxygen atoms in total. The Balaban J connectivity index is 2.13. The summed E-state index contributed by atoms with van der Waals surface area (Å²) in [6.45, 7) is 9.63. The van der Waals surface area contributed by atoms with Gasteiger partial charge in [0.15, 0.2) is 6.20 Å². The minimum absolute atomic E-state index is 0.250. The van der Waals surface area contributed by atoms with Crippen LogP contribution in [0.1, 0.15) is 29.3 Å². The third kappa shape index (κ3) is 2.98. The van der Waals surface area contributed by atoms with Crippen molar-refractivity contribution in [3.8, 4) is 0 Å². The summed E-state index contributed by atoms with van der Waals surface area (Å²) in [6.07, 6.45) is 2.50. The first kappa shape index (κ1) is 14.5. The van der Waals surface area contributed by atoms with E-state index in [1.54, 1.807) is 0 Å². The van der Waals surface area contributed by atoms with Gasteiger partial charge in [0.1, 0.15) is 0 Å². The Morgan fingerprint density at radius 1 is 1.15 bits per heavy atom. The minimum Gasteiger partial charge on any atom is -0.292 e. The molecule has 0 aliphatic carbocycles. The maximum atomic E-state index is 12.3. The number of carbonyl (C=O) groups is 1. The number of rotatable bonds is 5. The van der Waals surface area contributed by atoms with Crippen molar-refractivity contribution in [2.45, 2.75) is 47.2 Å². The molecule has 3 heteroatoms. The zero-order chi connectivity index (χ0) is 14.7. The lowest BCUT2D eigenvalue weighted by Crippen LogP contribution is -2.46. The number of benzene rings is 1. The molecule has 106 valence electrons. The Morgan fingerprint density at radius 3 is 2.40 bits per heavy atom. The minimum atomic E-state index is 0.250. The highest BCUT2D eigenvalue weighted by molar-refractivity contribution is 5.80. The molecular formula is C17H23N2O+. The lowest BCUT2D eigenvalue weighted by atomic mass is 9.98. The second-order valence-electron chi connectivity index (χ2n) is 5.36. The third-order valence-corrected chi connectivity index (χ3v) is 3.86. The highest BCUT2D eigenvalue weighted by Gasteiger charge is 2.17. The maximum absolute atomic E-state index is 12.3. The molecule has 0 spiro atoms. The van der Waals surface area contributed by atoms with E-state index in [0.717, 1.165) is 6.54 Å². The number of aryl methyl sites for hydroxylation is 3. The second-order valence-corrected chi connectivity index (χ2v) is 5.36.